The monoisotopic (exact) mass is 295 g/mol. The molecule has 1 fully saturated rings. The van der Waals surface area contributed by atoms with Gasteiger partial charge in [-0.05, 0) is 31.6 Å². The summed E-state index contributed by atoms with van der Waals surface area (Å²) < 4.78 is 0. The lowest BCUT2D eigenvalue weighted by molar-refractivity contribution is -0.385. The van der Waals surface area contributed by atoms with Gasteiger partial charge in [0.15, 0.2) is 0 Å². The summed E-state index contributed by atoms with van der Waals surface area (Å²) in [5, 5.41) is 22.7. The van der Waals surface area contributed by atoms with Gasteiger partial charge in [-0.25, -0.2) is 0 Å². The molecule has 1 aromatic heterocycles. The van der Waals surface area contributed by atoms with Crippen molar-refractivity contribution in [2.24, 2.45) is 5.92 Å². The van der Waals surface area contributed by atoms with Crippen molar-refractivity contribution in [3.8, 4) is 0 Å². The molecule has 3 N–H and O–H groups in total. The van der Waals surface area contributed by atoms with Gasteiger partial charge in [0.1, 0.15) is 5.56 Å². The van der Waals surface area contributed by atoms with Crippen molar-refractivity contribution in [1.29, 1.82) is 0 Å². The van der Waals surface area contributed by atoms with Gasteiger partial charge in [0.05, 0.1) is 17.2 Å². The number of carbonyl (C=O) groups excluding carboxylic acids is 1. The average Bonchev–Trinajstić information content (AvgIpc) is 2.46. The van der Waals surface area contributed by atoms with E-state index in [-0.39, 0.29) is 23.3 Å². The summed E-state index contributed by atoms with van der Waals surface area (Å²) in [6.45, 7) is 0.397. The average molecular weight is 295 g/mol. The lowest BCUT2D eigenvalue weighted by Crippen LogP contribution is -2.34. The van der Waals surface area contributed by atoms with Gasteiger partial charge in [-0.2, -0.15) is 0 Å². The third-order valence-electron chi connectivity index (χ3n) is 3.71. The Morgan fingerprint density at radius 1 is 1.43 bits per heavy atom. The van der Waals surface area contributed by atoms with Crippen LogP contribution in [0.4, 0.5) is 5.69 Å². The zero-order chi connectivity index (χ0) is 15.4. The lowest BCUT2D eigenvalue weighted by atomic mass is 9.87. The van der Waals surface area contributed by atoms with Gasteiger partial charge >= 0.3 is 0 Å². The van der Waals surface area contributed by atoms with E-state index in [1.807, 2.05) is 0 Å². The number of H-pyrrole nitrogens is 1. The molecule has 0 aliphatic heterocycles. The van der Waals surface area contributed by atoms with Gasteiger partial charge in [-0.1, -0.05) is 0 Å². The molecule has 21 heavy (non-hydrogen) atoms. The van der Waals surface area contributed by atoms with Gasteiger partial charge in [0.25, 0.3) is 17.2 Å². The normalized spacial score (nSPS) is 21.8. The molecule has 0 radical (unpaired) electrons. The summed E-state index contributed by atoms with van der Waals surface area (Å²) >= 11 is 0. The van der Waals surface area contributed by atoms with E-state index in [4.69, 9.17) is 0 Å². The molecule has 0 saturated heterocycles. The van der Waals surface area contributed by atoms with Crippen LogP contribution in [0.15, 0.2) is 17.1 Å². The second-order valence-corrected chi connectivity index (χ2v) is 5.24. The second-order valence-electron chi connectivity index (χ2n) is 5.24. The molecule has 8 heteroatoms. The number of nitro groups is 1. The van der Waals surface area contributed by atoms with Crippen molar-refractivity contribution >= 4 is 11.6 Å². The van der Waals surface area contributed by atoms with E-state index < -0.39 is 16.4 Å². The number of nitrogens with one attached hydrogen (secondary N) is 2. The summed E-state index contributed by atoms with van der Waals surface area (Å²) in [5.74, 6) is -0.360. The molecule has 0 spiro atoms. The predicted octanol–water partition coefficient (Wildman–Crippen LogP) is 0.564. The van der Waals surface area contributed by atoms with Crippen LogP contribution in [0.25, 0.3) is 0 Å². The predicted molar refractivity (Wildman–Crippen MR) is 74.0 cm³/mol. The first-order chi connectivity index (χ1) is 9.97. The summed E-state index contributed by atoms with van der Waals surface area (Å²) in [6, 6.07) is 0.971. The lowest BCUT2D eigenvalue weighted by Gasteiger charge is -2.25. The minimum Gasteiger partial charge on any atom is -0.393 e. The third-order valence-corrected chi connectivity index (χ3v) is 3.71. The number of amides is 1. The van der Waals surface area contributed by atoms with Crippen LogP contribution in [-0.2, 0) is 0 Å². The number of aromatic nitrogens is 1. The van der Waals surface area contributed by atoms with Crippen LogP contribution >= 0.6 is 0 Å². The third kappa shape index (κ3) is 3.88. The Morgan fingerprint density at radius 3 is 2.71 bits per heavy atom. The molecule has 1 aliphatic rings. The Labute approximate surface area is 120 Å². The van der Waals surface area contributed by atoms with Crippen molar-refractivity contribution in [3.05, 3.63) is 38.3 Å². The number of hydrogen-bond donors (Lipinski definition) is 3. The first-order valence-electron chi connectivity index (χ1n) is 6.80. The van der Waals surface area contributed by atoms with Crippen LogP contribution in [0.2, 0.25) is 0 Å². The fourth-order valence-corrected chi connectivity index (χ4v) is 2.43. The number of hydrogen-bond acceptors (Lipinski definition) is 5. The number of aliphatic hydroxyl groups excluding tert-OH is 1. The van der Waals surface area contributed by atoms with E-state index in [2.05, 4.69) is 10.3 Å². The first-order valence-corrected chi connectivity index (χ1v) is 6.80. The fourth-order valence-electron chi connectivity index (χ4n) is 2.43. The van der Waals surface area contributed by atoms with E-state index in [0.717, 1.165) is 25.1 Å². The Balaban J connectivity index is 1.98. The highest BCUT2D eigenvalue weighted by atomic mass is 16.6. The van der Waals surface area contributed by atoms with Crippen LogP contribution in [0.5, 0.6) is 0 Å². The van der Waals surface area contributed by atoms with E-state index in [9.17, 15) is 24.8 Å². The van der Waals surface area contributed by atoms with Crippen LogP contribution in [-0.4, -0.2) is 33.6 Å². The minimum atomic E-state index is -0.671. The van der Waals surface area contributed by atoms with E-state index in [0.29, 0.717) is 19.4 Å². The molecule has 1 amide bonds. The van der Waals surface area contributed by atoms with Crippen LogP contribution in [0, 0.1) is 16.0 Å². The molecule has 0 atom stereocenters. The molecule has 1 aromatic rings. The van der Waals surface area contributed by atoms with Crippen LogP contribution in [0.1, 0.15) is 36.0 Å². The maximum absolute atomic E-state index is 11.9. The molecule has 114 valence electrons. The van der Waals surface area contributed by atoms with E-state index in [1.165, 1.54) is 0 Å². The van der Waals surface area contributed by atoms with Crippen molar-refractivity contribution in [1.82, 2.24) is 10.3 Å². The first kappa shape index (κ1) is 15.2. The zero-order valence-corrected chi connectivity index (χ0v) is 11.4. The molecule has 1 aliphatic carbocycles. The summed E-state index contributed by atoms with van der Waals surface area (Å²) in [4.78, 5) is 35.7. The number of aliphatic hydroxyl groups is 1. The maximum atomic E-state index is 11.9. The molecule has 2 rings (SSSR count). The summed E-state index contributed by atoms with van der Waals surface area (Å²) in [5.41, 5.74) is -1.25. The molecule has 0 bridgehead atoms. The smallest absolute Gasteiger partial charge is 0.286 e. The molecule has 1 saturated carbocycles. The highest BCUT2D eigenvalue weighted by Gasteiger charge is 2.21. The van der Waals surface area contributed by atoms with Crippen LogP contribution < -0.4 is 10.9 Å². The second kappa shape index (κ2) is 6.49. The van der Waals surface area contributed by atoms with Gasteiger partial charge in [-0.3, -0.25) is 19.7 Å². The van der Waals surface area contributed by atoms with Crippen molar-refractivity contribution in [2.45, 2.75) is 31.8 Å². The van der Waals surface area contributed by atoms with Crippen LogP contribution in [0.3, 0.4) is 0 Å². The number of nitrogens with zero attached hydrogens (tertiary/aromatic N) is 1. The van der Waals surface area contributed by atoms with Gasteiger partial charge in [0, 0.05) is 12.6 Å². The Kier molecular flexibility index (Phi) is 4.69. The molecule has 8 nitrogen and oxygen atoms in total. The van der Waals surface area contributed by atoms with Crippen molar-refractivity contribution in [3.63, 3.8) is 0 Å². The maximum Gasteiger partial charge on any atom is 0.286 e. The highest BCUT2D eigenvalue weighted by molar-refractivity contribution is 5.94. The van der Waals surface area contributed by atoms with Gasteiger partial charge in [0.2, 0.25) is 0 Å². The molecular formula is C13H17N3O5. The van der Waals surface area contributed by atoms with Crippen molar-refractivity contribution < 1.29 is 14.8 Å². The minimum absolute atomic E-state index is 0.259. The fraction of sp³-hybridized carbons (Fsp3) is 0.538. The van der Waals surface area contributed by atoms with Gasteiger partial charge < -0.3 is 15.4 Å². The standard InChI is InChI=1S/C13H17N3O5/c17-10-3-1-8(2-4-10)6-14-12(18)11-5-9(16(20)21)7-15-13(11)19/h5,7-8,10,17H,1-4,6H2,(H,14,18)(H,15,19). The number of carbonyl (C=O) groups is 1. The summed E-state index contributed by atoms with van der Waals surface area (Å²) in [7, 11) is 0. The quantitative estimate of drug-likeness (QED) is 0.553. The highest BCUT2D eigenvalue weighted by Crippen LogP contribution is 2.23. The summed E-state index contributed by atoms with van der Waals surface area (Å²) in [6.07, 6.45) is 3.73. The Hall–Kier alpha value is -2.22. The number of rotatable bonds is 4. The van der Waals surface area contributed by atoms with Gasteiger partial charge in [-0.15, -0.1) is 0 Å². The largest absolute Gasteiger partial charge is 0.393 e. The topological polar surface area (TPSA) is 125 Å². The van der Waals surface area contributed by atoms with Crippen molar-refractivity contribution in [2.75, 3.05) is 6.54 Å². The Bertz CT molecular complexity index is 590. The molecular weight excluding hydrogens is 278 g/mol. The SMILES string of the molecule is O=C(NCC1CCC(O)CC1)c1cc([N+](=O)[O-])c[nH]c1=O. The molecule has 1 heterocycles. The zero-order valence-electron chi connectivity index (χ0n) is 11.4. The molecule has 0 aromatic carbocycles. The van der Waals surface area contributed by atoms with E-state index in [1.54, 1.807) is 0 Å². The number of aromatic amines is 1. The van der Waals surface area contributed by atoms with E-state index >= 15 is 0 Å². The Morgan fingerprint density at radius 2 is 2.10 bits per heavy atom. The number of pyridine rings is 1. The molecule has 0 unspecified atom stereocenters.